The molecule has 2 N–H and O–H groups in total. The van der Waals surface area contributed by atoms with Crippen LogP contribution in [0.4, 0.5) is 5.69 Å². The zero-order valence-electron chi connectivity index (χ0n) is 19.0. The van der Waals surface area contributed by atoms with Crippen LogP contribution in [0.5, 0.6) is 11.5 Å². The highest BCUT2D eigenvalue weighted by molar-refractivity contribution is 5.98. The molecule has 1 fully saturated rings. The largest absolute Gasteiger partial charge is 0.497 e. The van der Waals surface area contributed by atoms with Gasteiger partial charge in [0, 0.05) is 17.7 Å². The van der Waals surface area contributed by atoms with Gasteiger partial charge in [0.25, 0.3) is 11.8 Å². The lowest BCUT2D eigenvalue weighted by molar-refractivity contribution is -0.135. The number of esters is 1. The van der Waals surface area contributed by atoms with Gasteiger partial charge in [-0.1, -0.05) is 25.3 Å². The highest BCUT2D eigenvalue weighted by atomic mass is 16.5. The molecule has 0 spiro atoms. The zero-order chi connectivity index (χ0) is 24.3. The van der Waals surface area contributed by atoms with Gasteiger partial charge >= 0.3 is 5.97 Å². The second kappa shape index (κ2) is 12.4. The van der Waals surface area contributed by atoms with Gasteiger partial charge in [0.15, 0.2) is 13.2 Å². The number of rotatable bonds is 9. The van der Waals surface area contributed by atoms with Crippen LogP contribution in [-0.4, -0.2) is 44.0 Å². The van der Waals surface area contributed by atoms with Gasteiger partial charge in [0.1, 0.15) is 11.5 Å². The lowest BCUT2D eigenvalue weighted by Gasteiger charge is -2.20. The molecule has 9 heteroatoms. The number of hydrogen-bond acceptors (Lipinski definition) is 7. The minimum Gasteiger partial charge on any atom is -0.497 e. The first kappa shape index (κ1) is 24.8. The maximum absolute atomic E-state index is 12.2. The van der Waals surface area contributed by atoms with E-state index in [0.717, 1.165) is 32.1 Å². The molecule has 2 aromatic carbocycles. The number of anilines is 1. The van der Waals surface area contributed by atoms with Crippen molar-refractivity contribution in [2.45, 2.75) is 32.1 Å². The van der Waals surface area contributed by atoms with Crippen LogP contribution < -0.4 is 20.1 Å². The van der Waals surface area contributed by atoms with Crippen LogP contribution in [0.1, 0.15) is 42.5 Å². The van der Waals surface area contributed by atoms with E-state index in [4.69, 9.17) is 14.2 Å². The third kappa shape index (κ3) is 7.61. The van der Waals surface area contributed by atoms with E-state index >= 15 is 0 Å². The third-order valence-corrected chi connectivity index (χ3v) is 5.39. The van der Waals surface area contributed by atoms with Crippen molar-refractivity contribution in [1.82, 2.24) is 5.32 Å². The lowest BCUT2D eigenvalue weighted by atomic mass is 9.89. The fourth-order valence-corrected chi connectivity index (χ4v) is 3.59. The summed E-state index contributed by atoms with van der Waals surface area (Å²) >= 11 is 0. The van der Waals surface area contributed by atoms with Crippen molar-refractivity contribution in [2.24, 2.45) is 5.92 Å². The van der Waals surface area contributed by atoms with Crippen molar-refractivity contribution >= 4 is 29.4 Å². The Kier molecular flexibility index (Phi) is 9.02. The monoisotopic (exact) mass is 468 g/mol. The summed E-state index contributed by atoms with van der Waals surface area (Å²) < 4.78 is 15.5. The van der Waals surface area contributed by atoms with Crippen molar-refractivity contribution in [3.8, 4) is 11.5 Å². The molecular weight excluding hydrogens is 440 g/mol. The molecule has 1 aliphatic carbocycles. The molecule has 0 saturated heterocycles. The van der Waals surface area contributed by atoms with Gasteiger partial charge in [-0.3, -0.25) is 19.7 Å². The van der Waals surface area contributed by atoms with E-state index in [0.29, 0.717) is 17.2 Å². The summed E-state index contributed by atoms with van der Waals surface area (Å²) in [5.74, 6) is -1.17. The number of carbonyl (C=O) groups is 4. The van der Waals surface area contributed by atoms with Gasteiger partial charge in [0.2, 0.25) is 5.91 Å². The molecule has 1 aliphatic rings. The summed E-state index contributed by atoms with van der Waals surface area (Å²) in [7, 11) is 1.54. The molecule has 0 unspecified atom stereocenters. The molecule has 1 saturated carbocycles. The molecule has 0 bridgehead atoms. The number of hydrogen-bond donors (Lipinski definition) is 2. The predicted octanol–water partition coefficient (Wildman–Crippen LogP) is 3.09. The Hall–Kier alpha value is -3.88. The van der Waals surface area contributed by atoms with E-state index in [1.807, 2.05) is 0 Å². The summed E-state index contributed by atoms with van der Waals surface area (Å²) in [4.78, 5) is 48.2. The molecular formula is C25H28N2O7. The quantitative estimate of drug-likeness (QED) is 0.543. The molecule has 0 radical (unpaired) electrons. The first-order valence-corrected chi connectivity index (χ1v) is 11.1. The Labute approximate surface area is 197 Å². The summed E-state index contributed by atoms with van der Waals surface area (Å²) in [5, 5.41) is 4.99. The van der Waals surface area contributed by atoms with Crippen LogP contribution in [0.2, 0.25) is 0 Å². The normalized spacial score (nSPS) is 13.4. The van der Waals surface area contributed by atoms with Crippen molar-refractivity contribution in [1.29, 1.82) is 0 Å². The van der Waals surface area contributed by atoms with E-state index in [1.54, 1.807) is 24.3 Å². The third-order valence-electron chi connectivity index (χ3n) is 5.39. The van der Waals surface area contributed by atoms with Gasteiger partial charge in [-0.25, -0.2) is 4.79 Å². The highest BCUT2D eigenvalue weighted by Crippen LogP contribution is 2.23. The average molecular weight is 469 g/mol. The molecule has 0 aromatic heterocycles. The van der Waals surface area contributed by atoms with E-state index in [-0.39, 0.29) is 29.9 Å². The summed E-state index contributed by atoms with van der Waals surface area (Å²) in [6, 6.07) is 12.9. The fraction of sp³-hybridized carbons (Fsp3) is 0.360. The minimum atomic E-state index is -0.706. The smallest absolute Gasteiger partial charge is 0.338 e. The molecule has 0 atom stereocenters. The second-order valence-electron chi connectivity index (χ2n) is 7.92. The molecule has 34 heavy (non-hydrogen) atoms. The second-order valence-corrected chi connectivity index (χ2v) is 7.92. The number of nitrogens with one attached hydrogen (secondary N) is 2. The summed E-state index contributed by atoms with van der Waals surface area (Å²) in [5.41, 5.74) is 0.787. The Balaban J connectivity index is 1.39. The van der Waals surface area contributed by atoms with Crippen molar-refractivity contribution in [3.05, 3.63) is 54.1 Å². The van der Waals surface area contributed by atoms with E-state index in [2.05, 4.69) is 10.6 Å². The van der Waals surface area contributed by atoms with Crippen LogP contribution in [0, 0.1) is 5.92 Å². The summed E-state index contributed by atoms with van der Waals surface area (Å²) in [6.45, 7) is -0.768. The molecule has 9 nitrogen and oxygen atoms in total. The van der Waals surface area contributed by atoms with Crippen molar-refractivity contribution < 1.29 is 33.4 Å². The van der Waals surface area contributed by atoms with Gasteiger partial charge in [-0.15, -0.1) is 0 Å². The standard InChI is InChI=1S/C25H28N2O7/c1-32-21-9-5-8-19(14-21)26-22(28)15-33-20-12-10-18(11-13-20)25(31)34-16-23(29)27-24(30)17-6-3-2-4-7-17/h5,8-14,17H,2-4,6-7,15-16H2,1H3,(H,26,28)(H,27,29,30). The van der Waals surface area contributed by atoms with E-state index < -0.39 is 18.5 Å². The number of carbonyl (C=O) groups excluding carboxylic acids is 4. The predicted molar refractivity (Wildman–Crippen MR) is 124 cm³/mol. The average Bonchev–Trinajstić information content (AvgIpc) is 2.87. The summed E-state index contributed by atoms with van der Waals surface area (Å²) in [6.07, 6.45) is 4.61. The Morgan fingerprint density at radius 1 is 0.882 bits per heavy atom. The molecule has 3 rings (SSSR count). The van der Waals surface area contributed by atoms with Crippen LogP contribution in [0.15, 0.2) is 48.5 Å². The maximum Gasteiger partial charge on any atom is 0.338 e. The number of methoxy groups -OCH3 is 1. The molecule has 3 amide bonds. The minimum absolute atomic E-state index is 0.154. The van der Waals surface area contributed by atoms with Crippen molar-refractivity contribution in [3.63, 3.8) is 0 Å². The van der Waals surface area contributed by atoms with Gasteiger partial charge in [0.05, 0.1) is 12.7 Å². The van der Waals surface area contributed by atoms with Crippen molar-refractivity contribution in [2.75, 3.05) is 25.6 Å². The molecule has 2 aromatic rings. The Bertz CT molecular complexity index is 1010. The van der Waals surface area contributed by atoms with Crippen LogP contribution in [0.3, 0.4) is 0 Å². The Morgan fingerprint density at radius 2 is 1.62 bits per heavy atom. The topological polar surface area (TPSA) is 120 Å². The fourth-order valence-electron chi connectivity index (χ4n) is 3.59. The van der Waals surface area contributed by atoms with Gasteiger partial charge < -0.3 is 19.5 Å². The highest BCUT2D eigenvalue weighted by Gasteiger charge is 2.23. The zero-order valence-corrected chi connectivity index (χ0v) is 19.0. The molecule has 0 aliphatic heterocycles. The Morgan fingerprint density at radius 3 is 2.32 bits per heavy atom. The lowest BCUT2D eigenvalue weighted by Crippen LogP contribution is -2.38. The van der Waals surface area contributed by atoms with Gasteiger partial charge in [-0.2, -0.15) is 0 Å². The number of amides is 3. The number of benzene rings is 2. The first-order valence-electron chi connectivity index (χ1n) is 11.1. The van der Waals surface area contributed by atoms with Crippen LogP contribution >= 0.6 is 0 Å². The number of imide groups is 1. The first-order chi connectivity index (χ1) is 16.4. The van der Waals surface area contributed by atoms with Crippen LogP contribution in [0.25, 0.3) is 0 Å². The number of ether oxygens (including phenoxy) is 3. The van der Waals surface area contributed by atoms with E-state index in [1.165, 1.54) is 31.4 Å². The van der Waals surface area contributed by atoms with E-state index in [9.17, 15) is 19.2 Å². The van der Waals surface area contributed by atoms with Gasteiger partial charge in [-0.05, 0) is 49.2 Å². The maximum atomic E-state index is 12.2. The molecule has 0 heterocycles. The molecule has 180 valence electrons. The van der Waals surface area contributed by atoms with Crippen LogP contribution in [-0.2, 0) is 19.1 Å². The SMILES string of the molecule is COc1cccc(NC(=O)COc2ccc(C(=O)OCC(=O)NC(=O)C3CCCCC3)cc2)c1.